The van der Waals surface area contributed by atoms with Crippen molar-refractivity contribution in [3.8, 4) is 0 Å². The van der Waals surface area contributed by atoms with E-state index >= 15 is 0 Å². The van der Waals surface area contributed by atoms with E-state index in [0.29, 0.717) is 19.6 Å². The van der Waals surface area contributed by atoms with Crippen molar-refractivity contribution in [2.45, 2.75) is 31.9 Å². The highest BCUT2D eigenvalue weighted by Crippen LogP contribution is 2.59. The standard InChI is InChI=1S/C14H8F6N2S6.2ClH/c15-13(16,17)5-1-7(21)11-9(3-5)23-28-26-12-8(22)2-6(14(18,19)20)4-10(12)24-27-25-11;;/h1-4H,21-22H2;2*1H. The van der Waals surface area contributed by atoms with Crippen molar-refractivity contribution in [3.63, 3.8) is 0 Å². The zero-order valence-electron chi connectivity index (χ0n) is 14.0. The Bertz CT molecular complexity index is 838. The second kappa shape index (κ2) is 10.9. The molecule has 1 heterocycles. The molecule has 2 aromatic carbocycles. The van der Waals surface area contributed by atoms with Crippen LogP contribution in [0.3, 0.4) is 0 Å². The third-order valence-corrected chi connectivity index (χ3v) is 11.4. The van der Waals surface area contributed by atoms with E-state index in [9.17, 15) is 26.3 Å². The van der Waals surface area contributed by atoms with Gasteiger partial charge in [-0.25, -0.2) is 0 Å². The minimum atomic E-state index is -4.53. The molecule has 0 spiro atoms. The first-order chi connectivity index (χ1) is 13.0. The monoisotopic (exact) mass is 582 g/mol. The lowest BCUT2D eigenvalue weighted by atomic mass is 10.2. The molecular weight excluding hydrogens is 573 g/mol. The van der Waals surface area contributed by atoms with Crippen LogP contribution in [0.4, 0.5) is 37.7 Å². The summed E-state index contributed by atoms with van der Waals surface area (Å²) in [5.74, 6) is 0. The molecule has 4 N–H and O–H groups in total. The van der Waals surface area contributed by atoms with Crippen LogP contribution in [0.15, 0.2) is 43.8 Å². The van der Waals surface area contributed by atoms with E-state index in [1.165, 1.54) is 0 Å². The first-order valence-corrected chi connectivity index (χ1v) is 14.0. The molecule has 0 radical (unpaired) electrons. The van der Waals surface area contributed by atoms with Crippen molar-refractivity contribution in [2.75, 3.05) is 11.5 Å². The first kappa shape index (κ1) is 28.3. The second-order valence-electron chi connectivity index (χ2n) is 5.25. The molecule has 16 heteroatoms. The summed E-state index contributed by atoms with van der Waals surface area (Å²) in [6.45, 7) is 0. The maximum absolute atomic E-state index is 13.0. The van der Waals surface area contributed by atoms with Crippen LogP contribution in [0.25, 0.3) is 0 Å². The van der Waals surface area contributed by atoms with Crippen LogP contribution in [0.5, 0.6) is 0 Å². The Morgan fingerprint density at radius 1 is 0.567 bits per heavy atom. The Morgan fingerprint density at radius 2 is 0.900 bits per heavy atom. The smallest absolute Gasteiger partial charge is 0.398 e. The van der Waals surface area contributed by atoms with E-state index in [2.05, 4.69) is 0 Å². The molecule has 0 atom stereocenters. The van der Waals surface area contributed by atoms with E-state index in [4.69, 9.17) is 11.5 Å². The van der Waals surface area contributed by atoms with Gasteiger partial charge in [-0.15, -0.1) is 24.8 Å². The minimum Gasteiger partial charge on any atom is -0.398 e. The maximum Gasteiger partial charge on any atom is 0.416 e. The van der Waals surface area contributed by atoms with Gasteiger partial charge in [0, 0.05) is 21.2 Å². The summed E-state index contributed by atoms with van der Waals surface area (Å²) in [5, 5.41) is 0. The lowest BCUT2D eigenvalue weighted by molar-refractivity contribution is -0.138. The zero-order valence-corrected chi connectivity index (χ0v) is 20.5. The van der Waals surface area contributed by atoms with Gasteiger partial charge in [0.15, 0.2) is 0 Å². The Labute approximate surface area is 203 Å². The number of hydrogen-bond acceptors (Lipinski definition) is 8. The first-order valence-electron chi connectivity index (χ1n) is 7.00. The molecule has 0 amide bonds. The zero-order chi connectivity index (χ0) is 20.7. The number of fused-ring (bicyclic) bond motifs is 2. The predicted octanol–water partition coefficient (Wildman–Crippen LogP) is 8.94. The fraction of sp³-hybridized carbons (Fsp3) is 0.143. The molecule has 30 heavy (non-hydrogen) atoms. The van der Waals surface area contributed by atoms with E-state index in [1.807, 2.05) is 0 Å². The molecule has 0 bridgehead atoms. The van der Waals surface area contributed by atoms with Gasteiger partial charge in [-0.05, 0) is 87.1 Å². The van der Waals surface area contributed by atoms with Crippen molar-refractivity contribution in [1.82, 2.24) is 0 Å². The molecule has 0 aromatic heterocycles. The average molecular weight is 584 g/mol. The van der Waals surface area contributed by atoms with Crippen LogP contribution in [-0.4, -0.2) is 0 Å². The van der Waals surface area contributed by atoms with Gasteiger partial charge >= 0.3 is 12.4 Å². The molecule has 2 nitrogen and oxygen atoms in total. The van der Waals surface area contributed by atoms with E-state index in [0.717, 1.165) is 87.1 Å². The van der Waals surface area contributed by atoms with E-state index < -0.39 is 23.5 Å². The summed E-state index contributed by atoms with van der Waals surface area (Å²) in [5.41, 5.74) is 9.83. The highest BCUT2D eigenvalue weighted by Gasteiger charge is 2.34. The molecule has 0 aliphatic carbocycles. The molecule has 1 aliphatic heterocycles. The van der Waals surface area contributed by atoms with Gasteiger partial charge in [0.1, 0.15) is 0 Å². The van der Waals surface area contributed by atoms with Crippen molar-refractivity contribution in [1.29, 1.82) is 0 Å². The third-order valence-electron chi connectivity index (χ3n) is 3.30. The number of rotatable bonds is 0. The normalized spacial score (nSPS) is 14.6. The molecule has 3 rings (SSSR count). The lowest BCUT2D eigenvalue weighted by Gasteiger charge is -2.18. The minimum absolute atomic E-state index is 0. The summed E-state index contributed by atoms with van der Waals surface area (Å²) in [4.78, 5) is 1.53. The molecule has 0 fully saturated rings. The quantitative estimate of drug-likeness (QED) is 0.181. The summed E-state index contributed by atoms with van der Waals surface area (Å²) in [6, 6.07) is 3.74. The predicted molar refractivity (Wildman–Crippen MR) is 125 cm³/mol. The molecule has 2 aromatic rings. The number of halogens is 8. The van der Waals surface area contributed by atoms with Gasteiger partial charge in [-0.2, -0.15) is 26.3 Å². The number of benzene rings is 2. The van der Waals surface area contributed by atoms with Crippen molar-refractivity contribution >= 4 is 99.0 Å². The summed E-state index contributed by atoms with van der Waals surface area (Å²) < 4.78 is 78.3. The topological polar surface area (TPSA) is 52.0 Å². The van der Waals surface area contributed by atoms with E-state index in [1.54, 1.807) is 0 Å². The molecule has 1 aliphatic rings. The fourth-order valence-electron chi connectivity index (χ4n) is 2.05. The van der Waals surface area contributed by atoms with Crippen LogP contribution in [0.2, 0.25) is 0 Å². The number of nitrogens with two attached hydrogens (primary N) is 2. The van der Waals surface area contributed by atoms with Crippen LogP contribution in [0.1, 0.15) is 11.1 Å². The fourth-order valence-corrected chi connectivity index (χ4v) is 11.0. The van der Waals surface area contributed by atoms with Crippen molar-refractivity contribution < 1.29 is 26.3 Å². The molecular formula is C14H10Cl2F6N2S6. The van der Waals surface area contributed by atoms with Crippen LogP contribution in [0, 0.1) is 0 Å². The number of anilines is 2. The van der Waals surface area contributed by atoms with Gasteiger partial charge < -0.3 is 11.5 Å². The molecule has 0 saturated heterocycles. The Kier molecular flexibility index (Phi) is 10.3. The SMILES string of the molecule is Cl.Cl.Nc1cc(C(F)(F)F)cc2c1SSSc1cc(C(F)(F)F)cc(N)c1SSS2. The van der Waals surface area contributed by atoms with Crippen molar-refractivity contribution in [3.05, 3.63) is 35.4 Å². The Balaban J connectivity index is 0.00000225. The van der Waals surface area contributed by atoms with Gasteiger partial charge in [-0.3, -0.25) is 0 Å². The highest BCUT2D eigenvalue weighted by molar-refractivity contribution is 9.10. The molecule has 0 unspecified atom stereocenters. The van der Waals surface area contributed by atoms with Gasteiger partial charge in [-0.1, -0.05) is 0 Å². The number of hydrogen-bond donors (Lipinski definition) is 2. The van der Waals surface area contributed by atoms with Crippen LogP contribution in [-0.2, 0) is 12.4 Å². The largest absolute Gasteiger partial charge is 0.416 e. The molecule has 168 valence electrons. The second-order valence-corrected chi connectivity index (χ2v) is 13.2. The summed E-state index contributed by atoms with van der Waals surface area (Å²) in [7, 11) is 6.50. The highest BCUT2D eigenvalue weighted by atomic mass is 35.5. The third kappa shape index (κ3) is 6.65. The average Bonchev–Trinajstić information content (AvgIpc) is 2.57. The summed E-state index contributed by atoms with van der Waals surface area (Å²) >= 11 is 0. The van der Waals surface area contributed by atoms with Gasteiger partial charge in [0.25, 0.3) is 0 Å². The van der Waals surface area contributed by atoms with Gasteiger partial charge in [0.05, 0.1) is 20.9 Å². The van der Waals surface area contributed by atoms with Crippen LogP contribution < -0.4 is 11.5 Å². The van der Waals surface area contributed by atoms with E-state index in [-0.39, 0.29) is 36.2 Å². The number of alkyl halides is 6. The van der Waals surface area contributed by atoms with Crippen molar-refractivity contribution in [2.24, 2.45) is 0 Å². The summed E-state index contributed by atoms with van der Waals surface area (Å²) in [6.07, 6.45) is -9.07. The van der Waals surface area contributed by atoms with Gasteiger partial charge in [0.2, 0.25) is 0 Å². The maximum atomic E-state index is 13.0. The van der Waals surface area contributed by atoms with Crippen LogP contribution >= 0.6 is 87.6 Å². The Hall–Kier alpha value is 0.300. The Morgan fingerprint density at radius 3 is 1.20 bits per heavy atom. The number of nitrogen functional groups attached to an aromatic ring is 2. The lowest BCUT2D eigenvalue weighted by Crippen LogP contribution is -2.07. The molecule has 0 saturated carbocycles.